The van der Waals surface area contributed by atoms with Crippen molar-refractivity contribution in [2.75, 3.05) is 0 Å². The van der Waals surface area contributed by atoms with E-state index in [9.17, 15) is 0 Å². The summed E-state index contributed by atoms with van der Waals surface area (Å²) in [4.78, 5) is 8.82. The van der Waals surface area contributed by atoms with Gasteiger partial charge in [0.25, 0.3) is 0 Å². The minimum Gasteiger partial charge on any atom is -0.344 e. The van der Waals surface area contributed by atoms with Gasteiger partial charge in [0.1, 0.15) is 5.82 Å². The number of nitrogens with zero attached hydrogens (tertiary/aromatic N) is 1. The van der Waals surface area contributed by atoms with Crippen LogP contribution in [0, 0.1) is 0 Å². The Balaban J connectivity index is 1.99. The van der Waals surface area contributed by atoms with Gasteiger partial charge in [-0.3, -0.25) is 0 Å². The maximum atomic E-state index is 5.91. The van der Waals surface area contributed by atoms with Gasteiger partial charge in [0.2, 0.25) is 0 Å². The van der Waals surface area contributed by atoms with E-state index in [-0.39, 0.29) is 0 Å². The van der Waals surface area contributed by atoms with Crippen LogP contribution in [0.1, 0.15) is 0 Å². The van der Waals surface area contributed by atoms with E-state index in [4.69, 9.17) is 11.6 Å². The number of hydrogen-bond acceptors (Lipinski definition) is 2. The standard InChI is InChI=1S/C13H9ClN2S/c14-12-7-6-11(17-12)10-8-15-13(16-10)9-4-2-1-3-5-9/h1-8H,(H,15,16). The van der Waals surface area contributed by atoms with Gasteiger partial charge in [-0.2, -0.15) is 0 Å². The van der Waals surface area contributed by atoms with E-state index < -0.39 is 0 Å². The number of hydrogen-bond donors (Lipinski definition) is 1. The van der Waals surface area contributed by atoms with Crippen LogP contribution in [-0.4, -0.2) is 9.97 Å². The molecule has 2 aromatic heterocycles. The molecule has 3 rings (SSSR count). The molecule has 2 heterocycles. The van der Waals surface area contributed by atoms with E-state index in [2.05, 4.69) is 9.97 Å². The first-order valence-electron chi connectivity index (χ1n) is 5.19. The molecule has 0 saturated carbocycles. The third-order valence-electron chi connectivity index (χ3n) is 2.45. The molecule has 17 heavy (non-hydrogen) atoms. The Morgan fingerprint density at radius 1 is 1.06 bits per heavy atom. The molecule has 2 nitrogen and oxygen atoms in total. The lowest BCUT2D eigenvalue weighted by Gasteiger charge is -1.93. The summed E-state index contributed by atoms with van der Waals surface area (Å²) in [6.45, 7) is 0. The molecule has 0 fully saturated rings. The summed E-state index contributed by atoms with van der Waals surface area (Å²) in [5.41, 5.74) is 2.02. The second-order valence-electron chi connectivity index (χ2n) is 3.60. The molecular formula is C13H9ClN2S. The van der Waals surface area contributed by atoms with E-state index in [1.165, 1.54) is 11.3 Å². The molecular weight excluding hydrogens is 252 g/mol. The van der Waals surface area contributed by atoms with Gasteiger partial charge in [-0.05, 0) is 12.1 Å². The monoisotopic (exact) mass is 260 g/mol. The number of rotatable bonds is 2. The number of nitrogens with one attached hydrogen (secondary N) is 1. The Morgan fingerprint density at radius 2 is 1.88 bits per heavy atom. The summed E-state index contributed by atoms with van der Waals surface area (Å²) in [5, 5.41) is 0. The number of thiophene rings is 1. The Kier molecular flexibility index (Phi) is 2.71. The van der Waals surface area contributed by atoms with Crippen LogP contribution in [0.3, 0.4) is 0 Å². The second-order valence-corrected chi connectivity index (χ2v) is 5.32. The fourth-order valence-electron chi connectivity index (χ4n) is 1.64. The fraction of sp³-hybridized carbons (Fsp3) is 0. The number of benzene rings is 1. The largest absolute Gasteiger partial charge is 0.344 e. The highest BCUT2D eigenvalue weighted by atomic mass is 35.5. The molecule has 1 N–H and O–H groups in total. The summed E-state index contributed by atoms with van der Waals surface area (Å²) in [7, 11) is 0. The third-order valence-corrected chi connectivity index (χ3v) is 3.70. The molecule has 0 aliphatic carbocycles. The molecule has 0 spiro atoms. The van der Waals surface area contributed by atoms with Gasteiger partial charge >= 0.3 is 0 Å². The van der Waals surface area contributed by atoms with Gasteiger partial charge in [0.15, 0.2) is 0 Å². The molecule has 84 valence electrons. The van der Waals surface area contributed by atoms with Crippen molar-refractivity contribution in [3.8, 4) is 22.0 Å². The molecule has 0 radical (unpaired) electrons. The Bertz CT molecular complexity index is 628. The van der Waals surface area contributed by atoms with Crippen molar-refractivity contribution < 1.29 is 0 Å². The number of halogens is 1. The van der Waals surface area contributed by atoms with Crippen LogP contribution >= 0.6 is 22.9 Å². The van der Waals surface area contributed by atoms with Crippen LogP contribution < -0.4 is 0 Å². The number of aromatic amines is 1. The summed E-state index contributed by atoms with van der Waals surface area (Å²) in [6, 6.07) is 13.9. The molecule has 4 heteroatoms. The van der Waals surface area contributed by atoms with E-state index in [0.29, 0.717) is 0 Å². The molecule has 3 aromatic rings. The zero-order valence-electron chi connectivity index (χ0n) is 8.85. The molecule has 0 unspecified atom stereocenters. The highest BCUT2D eigenvalue weighted by Gasteiger charge is 2.07. The van der Waals surface area contributed by atoms with Gasteiger partial charge in [-0.25, -0.2) is 4.98 Å². The SMILES string of the molecule is Clc1ccc(-c2c[nH]c(-c3ccccc3)n2)s1. The quantitative estimate of drug-likeness (QED) is 0.724. The summed E-state index contributed by atoms with van der Waals surface area (Å²) in [6.07, 6.45) is 1.91. The number of H-pyrrole nitrogens is 1. The number of imidazole rings is 1. The van der Waals surface area contributed by atoms with E-state index >= 15 is 0 Å². The lowest BCUT2D eigenvalue weighted by atomic mass is 10.2. The smallest absolute Gasteiger partial charge is 0.138 e. The first kappa shape index (κ1) is 10.6. The highest BCUT2D eigenvalue weighted by Crippen LogP contribution is 2.30. The van der Waals surface area contributed by atoms with Crippen LogP contribution in [0.2, 0.25) is 4.34 Å². The molecule has 0 aliphatic heterocycles. The van der Waals surface area contributed by atoms with Crippen molar-refractivity contribution in [1.29, 1.82) is 0 Å². The van der Waals surface area contributed by atoms with Crippen LogP contribution in [0.25, 0.3) is 22.0 Å². The van der Waals surface area contributed by atoms with Gasteiger partial charge in [0.05, 0.1) is 14.9 Å². The first-order valence-corrected chi connectivity index (χ1v) is 6.39. The van der Waals surface area contributed by atoms with Crippen molar-refractivity contribution in [2.45, 2.75) is 0 Å². The van der Waals surface area contributed by atoms with Crippen molar-refractivity contribution in [3.63, 3.8) is 0 Å². The molecule has 1 aromatic carbocycles. The molecule has 0 atom stereocenters. The minimum absolute atomic E-state index is 0.782. The van der Waals surface area contributed by atoms with Gasteiger partial charge < -0.3 is 4.98 Å². The third kappa shape index (κ3) is 2.12. The summed E-state index contributed by atoms with van der Waals surface area (Å²) < 4.78 is 0.782. The first-order chi connectivity index (χ1) is 8.33. The molecule has 0 bridgehead atoms. The maximum absolute atomic E-state index is 5.91. The zero-order valence-corrected chi connectivity index (χ0v) is 10.4. The van der Waals surface area contributed by atoms with E-state index in [0.717, 1.165) is 26.3 Å². The fourth-order valence-corrected chi connectivity index (χ4v) is 2.65. The van der Waals surface area contributed by atoms with Crippen LogP contribution in [0.5, 0.6) is 0 Å². The topological polar surface area (TPSA) is 28.7 Å². The van der Waals surface area contributed by atoms with E-state index in [1.807, 2.05) is 48.7 Å². The predicted molar refractivity (Wildman–Crippen MR) is 72.3 cm³/mol. The minimum atomic E-state index is 0.782. The molecule has 0 aliphatic rings. The van der Waals surface area contributed by atoms with Gasteiger partial charge in [-0.1, -0.05) is 41.9 Å². The maximum Gasteiger partial charge on any atom is 0.138 e. The van der Waals surface area contributed by atoms with E-state index in [1.54, 1.807) is 0 Å². The Hall–Kier alpha value is -1.58. The average Bonchev–Trinajstić information content (AvgIpc) is 2.98. The lowest BCUT2D eigenvalue weighted by Crippen LogP contribution is -1.78. The predicted octanol–water partition coefficient (Wildman–Crippen LogP) is 4.46. The van der Waals surface area contributed by atoms with Gasteiger partial charge in [0, 0.05) is 11.8 Å². The summed E-state index contributed by atoms with van der Waals surface area (Å²) >= 11 is 7.45. The highest BCUT2D eigenvalue weighted by molar-refractivity contribution is 7.19. The Morgan fingerprint density at radius 3 is 2.59 bits per heavy atom. The Labute approximate surface area is 108 Å². The summed E-state index contributed by atoms with van der Waals surface area (Å²) in [5.74, 6) is 0.880. The zero-order chi connectivity index (χ0) is 11.7. The normalized spacial score (nSPS) is 10.6. The van der Waals surface area contributed by atoms with Crippen molar-refractivity contribution >= 4 is 22.9 Å². The van der Waals surface area contributed by atoms with Crippen molar-refractivity contribution in [2.24, 2.45) is 0 Å². The average molecular weight is 261 g/mol. The van der Waals surface area contributed by atoms with Crippen LogP contribution in [0.4, 0.5) is 0 Å². The van der Waals surface area contributed by atoms with Crippen LogP contribution in [0.15, 0.2) is 48.7 Å². The number of aromatic nitrogens is 2. The van der Waals surface area contributed by atoms with Crippen LogP contribution in [-0.2, 0) is 0 Å². The van der Waals surface area contributed by atoms with Crippen molar-refractivity contribution in [3.05, 3.63) is 53.0 Å². The lowest BCUT2D eigenvalue weighted by molar-refractivity contribution is 1.31. The molecule has 0 saturated heterocycles. The van der Waals surface area contributed by atoms with Gasteiger partial charge in [-0.15, -0.1) is 11.3 Å². The molecule has 0 amide bonds. The van der Waals surface area contributed by atoms with Crippen molar-refractivity contribution in [1.82, 2.24) is 9.97 Å². The second kappa shape index (κ2) is 4.35.